The molecule has 17 heavy (non-hydrogen) atoms. The molecule has 0 bridgehead atoms. The lowest BCUT2D eigenvalue weighted by atomic mass is 10.0. The summed E-state index contributed by atoms with van der Waals surface area (Å²) in [4.78, 5) is 14.4. The van der Waals surface area contributed by atoms with E-state index in [4.69, 9.17) is 11.6 Å². The van der Waals surface area contributed by atoms with Crippen molar-refractivity contribution in [2.75, 3.05) is 0 Å². The van der Waals surface area contributed by atoms with Gasteiger partial charge in [-0.3, -0.25) is 4.79 Å². The third-order valence-electron chi connectivity index (χ3n) is 2.69. The first-order valence-corrected chi connectivity index (χ1v) is 6.56. The maximum absolute atomic E-state index is 12.4. The van der Waals surface area contributed by atoms with Crippen molar-refractivity contribution < 1.29 is 4.79 Å². The van der Waals surface area contributed by atoms with Gasteiger partial charge in [0.2, 0.25) is 5.78 Å². The van der Waals surface area contributed by atoms with E-state index in [-0.39, 0.29) is 5.78 Å². The van der Waals surface area contributed by atoms with Gasteiger partial charge in [0.05, 0.1) is 4.88 Å². The average Bonchev–Trinajstić information content (AvgIpc) is 2.60. The zero-order valence-corrected chi connectivity index (χ0v) is 11.6. The molecule has 3 heteroatoms. The number of rotatable bonds is 2. The molecule has 0 spiro atoms. The van der Waals surface area contributed by atoms with Crippen LogP contribution in [0.3, 0.4) is 0 Å². The monoisotopic (exact) mass is 264 g/mol. The van der Waals surface area contributed by atoms with Crippen molar-refractivity contribution in [1.29, 1.82) is 0 Å². The summed E-state index contributed by atoms with van der Waals surface area (Å²) in [5.74, 6) is 0.0700. The van der Waals surface area contributed by atoms with Crippen LogP contribution in [-0.2, 0) is 0 Å². The number of hydrogen-bond acceptors (Lipinski definition) is 2. The maximum Gasteiger partial charge on any atom is 0.203 e. The molecule has 0 amide bonds. The molecule has 0 saturated carbocycles. The molecule has 88 valence electrons. The highest BCUT2D eigenvalue weighted by Crippen LogP contribution is 2.26. The molecular formula is C14H13ClOS. The molecule has 1 nitrogen and oxygen atoms in total. The summed E-state index contributed by atoms with van der Waals surface area (Å²) in [6.45, 7) is 5.91. The van der Waals surface area contributed by atoms with Crippen molar-refractivity contribution in [3.63, 3.8) is 0 Å². The molecule has 0 unspecified atom stereocenters. The number of hydrogen-bond donors (Lipinski definition) is 0. The molecule has 1 aromatic carbocycles. The van der Waals surface area contributed by atoms with E-state index in [0.717, 1.165) is 20.9 Å². The number of carbonyl (C=O) groups is 1. The molecule has 2 aromatic rings. The summed E-state index contributed by atoms with van der Waals surface area (Å²) < 4.78 is 0. The van der Waals surface area contributed by atoms with Gasteiger partial charge in [0, 0.05) is 15.5 Å². The van der Waals surface area contributed by atoms with Crippen LogP contribution in [0.5, 0.6) is 0 Å². The normalized spacial score (nSPS) is 10.6. The van der Waals surface area contributed by atoms with Crippen molar-refractivity contribution in [3.8, 4) is 0 Å². The lowest BCUT2D eigenvalue weighted by Crippen LogP contribution is -2.02. The molecule has 0 aliphatic carbocycles. The van der Waals surface area contributed by atoms with Gasteiger partial charge in [0.25, 0.3) is 0 Å². The van der Waals surface area contributed by atoms with Crippen molar-refractivity contribution in [2.45, 2.75) is 20.8 Å². The summed E-state index contributed by atoms with van der Waals surface area (Å²) in [6, 6.07) is 7.47. The Morgan fingerprint density at radius 1 is 1.12 bits per heavy atom. The largest absolute Gasteiger partial charge is 0.288 e. The van der Waals surface area contributed by atoms with E-state index in [9.17, 15) is 4.79 Å². The topological polar surface area (TPSA) is 17.1 Å². The number of carbonyl (C=O) groups excluding carboxylic acids is 1. The Morgan fingerprint density at radius 2 is 1.82 bits per heavy atom. The Bertz CT molecular complexity index is 584. The highest BCUT2D eigenvalue weighted by molar-refractivity contribution is 7.14. The second-order valence-corrected chi connectivity index (χ2v) is 5.85. The summed E-state index contributed by atoms with van der Waals surface area (Å²) in [7, 11) is 0. The second kappa shape index (κ2) is 4.63. The molecule has 1 aromatic heterocycles. The van der Waals surface area contributed by atoms with Crippen LogP contribution in [0.15, 0.2) is 24.3 Å². The molecule has 1 heterocycles. The first-order valence-electron chi connectivity index (χ1n) is 5.37. The highest BCUT2D eigenvalue weighted by Gasteiger charge is 2.16. The van der Waals surface area contributed by atoms with Crippen molar-refractivity contribution in [1.82, 2.24) is 0 Å². The molecule has 2 rings (SSSR count). The molecule has 0 radical (unpaired) electrons. The lowest BCUT2D eigenvalue weighted by molar-refractivity contribution is 0.104. The van der Waals surface area contributed by atoms with E-state index < -0.39 is 0 Å². The molecule has 0 N–H and O–H groups in total. The van der Waals surface area contributed by atoms with E-state index >= 15 is 0 Å². The second-order valence-electron chi connectivity index (χ2n) is 4.16. The standard InChI is InChI=1S/C14H13ClOS/c1-8-4-5-11(15)7-12(8)13(16)14-9(2)6-10(3)17-14/h4-7H,1-3H3. The van der Waals surface area contributed by atoms with Crippen molar-refractivity contribution in [3.05, 3.63) is 55.7 Å². The lowest BCUT2D eigenvalue weighted by Gasteiger charge is -2.04. The quantitative estimate of drug-likeness (QED) is 0.727. The van der Waals surface area contributed by atoms with E-state index in [0.29, 0.717) is 10.6 Å². The van der Waals surface area contributed by atoms with Gasteiger partial charge in [-0.1, -0.05) is 17.7 Å². The molecule has 0 atom stereocenters. The van der Waals surface area contributed by atoms with Crippen LogP contribution in [-0.4, -0.2) is 5.78 Å². The number of halogens is 1. The zero-order valence-electron chi connectivity index (χ0n) is 10.0. The fourth-order valence-corrected chi connectivity index (χ4v) is 2.98. The minimum Gasteiger partial charge on any atom is -0.288 e. The molecule has 0 aliphatic heterocycles. The molecule has 0 aliphatic rings. The Balaban J connectivity index is 2.50. The minimum atomic E-state index is 0.0700. The Labute approximate surface area is 110 Å². The molecular weight excluding hydrogens is 252 g/mol. The smallest absolute Gasteiger partial charge is 0.203 e. The van der Waals surface area contributed by atoms with Crippen molar-refractivity contribution in [2.24, 2.45) is 0 Å². The maximum atomic E-state index is 12.4. The van der Waals surface area contributed by atoms with E-state index in [1.54, 1.807) is 12.1 Å². The summed E-state index contributed by atoms with van der Waals surface area (Å²) in [6.07, 6.45) is 0. The van der Waals surface area contributed by atoms with Crippen LogP contribution >= 0.6 is 22.9 Å². The number of benzene rings is 1. The van der Waals surface area contributed by atoms with Gasteiger partial charge >= 0.3 is 0 Å². The van der Waals surface area contributed by atoms with Crippen LogP contribution in [0.4, 0.5) is 0 Å². The Hall–Kier alpha value is -1.12. The van der Waals surface area contributed by atoms with Crippen LogP contribution < -0.4 is 0 Å². The average molecular weight is 265 g/mol. The highest BCUT2D eigenvalue weighted by atomic mass is 35.5. The van der Waals surface area contributed by atoms with Crippen molar-refractivity contribution >= 4 is 28.7 Å². The number of ketones is 1. The summed E-state index contributed by atoms with van der Waals surface area (Å²) >= 11 is 7.48. The Kier molecular flexibility index (Phi) is 3.36. The fraction of sp³-hybridized carbons (Fsp3) is 0.214. The first kappa shape index (κ1) is 12.3. The zero-order chi connectivity index (χ0) is 12.6. The van der Waals surface area contributed by atoms with Gasteiger partial charge < -0.3 is 0 Å². The summed E-state index contributed by atoms with van der Waals surface area (Å²) in [5.41, 5.74) is 2.70. The summed E-state index contributed by atoms with van der Waals surface area (Å²) in [5, 5.41) is 0.602. The fourth-order valence-electron chi connectivity index (χ4n) is 1.83. The van der Waals surface area contributed by atoms with E-state index in [1.807, 2.05) is 32.9 Å². The van der Waals surface area contributed by atoms with E-state index in [2.05, 4.69) is 0 Å². The van der Waals surface area contributed by atoms with Crippen LogP contribution in [0, 0.1) is 20.8 Å². The third-order valence-corrected chi connectivity index (χ3v) is 4.08. The van der Waals surface area contributed by atoms with Gasteiger partial charge in [-0.25, -0.2) is 0 Å². The number of thiophene rings is 1. The third kappa shape index (κ3) is 2.43. The van der Waals surface area contributed by atoms with Gasteiger partial charge in [-0.15, -0.1) is 11.3 Å². The van der Waals surface area contributed by atoms with Crippen LogP contribution in [0.2, 0.25) is 5.02 Å². The van der Waals surface area contributed by atoms with Crippen LogP contribution in [0.1, 0.15) is 31.2 Å². The van der Waals surface area contributed by atoms with Gasteiger partial charge in [-0.05, 0) is 50.1 Å². The predicted molar refractivity (Wildman–Crippen MR) is 73.4 cm³/mol. The van der Waals surface area contributed by atoms with Gasteiger partial charge in [0.15, 0.2) is 0 Å². The predicted octanol–water partition coefficient (Wildman–Crippen LogP) is 4.56. The van der Waals surface area contributed by atoms with Gasteiger partial charge in [0.1, 0.15) is 0 Å². The molecule has 0 fully saturated rings. The SMILES string of the molecule is Cc1cc(C)c(C(=O)c2cc(Cl)ccc2C)s1. The van der Waals surface area contributed by atoms with Crippen LogP contribution in [0.25, 0.3) is 0 Å². The Morgan fingerprint density at radius 3 is 2.41 bits per heavy atom. The van der Waals surface area contributed by atoms with Gasteiger partial charge in [-0.2, -0.15) is 0 Å². The number of aryl methyl sites for hydroxylation is 3. The molecule has 0 saturated heterocycles. The first-order chi connectivity index (χ1) is 7.99. The van der Waals surface area contributed by atoms with E-state index in [1.165, 1.54) is 11.3 Å². The minimum absolute atomic E-state index is 0.0700.